The molecule has 1 amide bonds. The van der Waals surface area contributed by atoms with Crippen LogP contribution in [0.3, 0.4) is 0 Å². The molecule has 2 heterocycles. The molecule has 2 fully saturated rings. The molecule has 1 N–H and O–H groups in total. The van der Waals surface area contributed by atoms with Crippen LogP contribution in [0.15, 0.2) is 36.4 Å². The molecule has 1 aliphatic carbocycles. The van der Waals surface area contributed by atoms with Crippen LogP contribution in [0.25, 0.3) is 10.4 Å². The number of piperidine rings is 1. The molecular formula is C21H25NO2S. The Morgan fingerprint density at radius 2 is 2.00 bits per heavy atom. The average molecular weight is 356 g/mol. The number of hydrogen-bond acceptors (Lipinski definition) is 3. The highest BCUT2D eigenvalue weighted by Gasteiger charge is 2.45. The minimum atomic E-state index is -0.243. The standard InChI is InChI=1S/C21H25NO2S/c1-15-13-17(25-19(15)16-7-3-2-4-8-16)20(24)22-12-6-11-21(14-22)10-5-9-18(21)23/h2-4,7-8,13,18,23H,5-6,9-12,14H2,1H3/t18-,21+/m1/s1. The van der Waals surface area contributed by atoms with E-state index in [-0.39, 0.29) is 17.4 Å². The molecule has 1 saturated carbocycles. The summed E-state index contributed by atoms with van der Waals surface area (Å²) < 4.78 is 0. The number of aliphatic hydroxyl groups is 1. The van der Waals surface area contributed by atoms with Gasteiger partial charge in [0.15, 0.2) is 0 Å². The van der Waals surface area contributed by atoms with Crippen molar-refractivity contribution in [2.45, 2.75) is 45.1 Å². The number of amides is 1. The predicted octanol–water partition coefficient (Wildman–Crippen LogP) is 4.49. The molecule has 4 rings (SSSR count). The summed E-state index contributed by atoms with van der Waals surface area (Å²) in [4.78, 5) is 17.1. The number of aryl methyl sites for hydroxylation is 1. The number of thiophene rings is 1. The van der Waals surface area contributed by atoms with Crippen LogP contribution in [0.2, 0.25) is 0 Å². The van der Waals surface area contributed by atoms with Gasteiger partial charge in [-0.25, -0.2) is 0 Å². The van der Waals surface area contributed by atoms with E-state index >= 15 is 0 Å². The lowest BCUT2D eigenvalue weighted by Gasteiger charge is -2.42. The number of carbonyl (C=O) groups is 1. The molecule has 1 saturated heterocycles. The molecule has 2 atom stereocenters. The SMILES string of the molecule is Cc1cc(C(=O)N2CCC[C@@]3(CCC[C@H]3O)C2)sc1-c1ccccc1. The molecule has 1 spiro atoms. The molecular weight excluding hydrogens is 330 g/mol. The highest BCUT2D eigenvalue weighted by Crippen LogP contribution is 2.45. The molecule has 0 unspecified atom stereocenters. The fourth-order valence-corrected chi connectivity index (χ4v) is 5.70. The Labute approximate surface area is 153 Å². The molecule has 4 heteroatoms. The van der Waals surface area contributed by atoms with Gasteiger partial charge in [-0.3, -0.25) is 4.79 Å². The van der Waals surface area contributed by atoms with Crippen molar-refractivity contribution in [2.75, 3.05) is 13.1 Å². The third kappa shape index (κ3) is 3.02. The third-order valence-electron chi connectivity index (χ3n) is 5.92. The molecule has 3 nitrogen and oxygen atoms in total. The van der Waals surface area contributed by atoms with Crippen molar-refractivity contribution in [3.05, 3.63) is 46.8 Å². The largest absolute Gasteiger partial charge is 0.392 e. The Morgan fingerprint density at radius 1 is 1.24 bits per heavy atom. The van der Waals surface area contributed by atoms with Gasteiger partial charge >= 0.3 is 0 Å². The minimum absolute atomic E-state index is 0.0531. The Balaban J connectivity index is 1.57. The minimum Gasteiger partial charge on any atom is -0.392 e. The summed E-state index contributed by atoms with van der Waals surface area (Å²) in [5, 5.41) is 10.4. The van der Waals surface area contributed by atoms with Crippen LogP contribution in [0, 0.1) is 12.3 Å². The number of benzene rings is 1. The maximum absolute atomic E-state index is 13.1. The maximum Gasteiger partial charge on any atom is 0.263 e. The molecule has 1 aromatic heterocycles. The van der Waals surface area contributed by atoms with Gasteiger partial charge in [0.1, 0.15) is 0 Å². The zero-order valence-corrected chi connectivity index (χ0v) is 15.5. The van der Waals surface area contributed by atoms with Crippen LogP contribution in [-0.2, 0) is 0 Å². The van der Waals surface area contributed by atoms with E-state index in [2.05, 4.69) is 19.1 Å². The monoisotopic (exact) mass is 355 g/mol. The fourth-order valence-electron chi connectivity index (χ4n) is 4.55. The summed E-state index contributed by atoms with van der Waals surface area (Å²) in [5.41, 5.74) is 2.28. The van der Waals surface area contributed by atoms with Crippen LogP contribution in [-0.4, -0.2) is 35.1 Å². The van der Waals surface area contributed by atoms with Gasteiger partial charge in [0.05, 0.1) is 11.0 Å². The van der Waals surface area contributed by atoms with Crippen LogP contribution >= 0.6 is 11.3 Å². The first-order chi connectivity index (χ1) is 12.1. The Kier molecular flexibility index (Phi) is 4.42. The van der Waals surface area contributed by atoms with Gasteiger partial charge in [-0.05, 0) is 49.8 Å². The van der Waals surface area contributed by atoms with E-state index < -0.39 is 0 Å². The Hall–Kier alpha value is -1.65. The van der Waals surface area contributed by atoms with Crippen LogP contribution < -0.4 is 0 Å². The number of rotatable bonds is 2. The number of aliphatic hydroxyl groups excluding tert-OH is 1. The first-order valence-corrected chi connectivity index (χ1v) is 10.0. The predicted molar refractivity (Wildman–Crippen MR) is 102 cm³/mol. The van der Waals surface area contributed by atoms with Gasteiger partial charge in [0.25, 0.3) is 5.91 Å². The first kappa shape index (κ1) is 16.8. The van der Waals surface area contributed by atoms with Crippen LogP contribution in [0.5, 0.6) is 0 Å². The molecule has 0 radical (unpaired) electrons. The van der Waals surface area contributed by atoms with Gasteiger partial charge in [-0.15, -0.1) is 11.3 Å². The average Bonchev–Trinajstić information content (AvgIpc) is 3.19. The lowest BCUT2D eigenvalue weighted by molar-refractivity contribution is -0.00519. The first-order valence-electron chi connectivity index (χ1n) is 9.22. The second-order valence-electron chi connectivity index (χ2n) is 7.59. The summed E-state index contributed by atoms with van der Waals surface area (Å²) in [7, 11) is 0. The number of likely N-dealkylation sites (tertiary alicyclic amines) is 1. The quantitative estimate of drug-likeness (QED) is 0.862. The van der Waals surface area contributed by atoms with E-state index in [0.29, 0.717) is 6.54 Å². The highest BCUT2D eigenvalue weighted by atomic mass is 32.1. The Bertz CT molecular complexity index is 769. The molecule has 1 aliphatic heterocycles. The summed E-state index contributed by atoms with van der Waals surface area (Å²) in [6.07, 6.45) is 4.83. The van der Waals surface area contributed by atoms with E-state index in [4.69, 9.17) is 0 Å². The van der Waals surface area contributed by atoms with E-state index in [9.17, 15) is 9.90 Å². The lowest BCUT2D eigenvalue weighted by Crippen LogP contribution is -2.49. The lowest BCUT2D eigenvalue weighted by atomic mass is 9.76. The van der Waals surface area contributed by atoms with Crippen LogP contribution in [0.1, 0.15) is 47.3 Å². The van der Waals surface area contributed by atoms with E-state index in [1.807, 2.05) is 29.2 Å². The molecule has 2 aromatic rings. The molecule has 0 bridgehead atoms. The van der Waals surface area contributed by atoms with E-state index in [0.717, 1.165) is 49.1 Å². The van der Waals surface area contributed by atoms with Gasteiger partial charge in [0.2, 0.25) is 0 Å². The summed E-state index contributed by atoms with van der Waals surface area (Å²) in [6, 6.07) is 12.3. The zero-order valence-electron chi connectivity index (χ0n) is 14.7. The second kappa shape index (κ2) is 6.58. The normalized spacial score (nSPS) is 26.3. The maximum atomic E-state index is 13.1. The summed E-state index contributed by atoms with van der Waals surface area (Å²) in [5.74, 6) is 0.133. The number of carbonyl (C=O) groups excluding carboxylic acids is 1. The smallest absolute Gasteiger partial charge is 0.263 e. The van der Waals surface area contributed by atoms with E-state index in [1.54, 1.807) is 11.3 Å². The van der Waals surface area contributed by atoms with Crippen LogP contribution in [0.4, 0.5) is 0 Å². The number of hydrogen-bond donors (Lipinski definition) is 1. The number of nitrogens with zero attached hydrogens (tertiary/aromatic N) is 1. The summed E-state index contributed by atoms with van der Waals surface area (Å²) >= 11 is 1.59. The van der Waals surface area contributed by atoms with Gasteiger partial charge in [-0.1, -0.05) is 36.8 Å². The molecule has 2 aliphatic rings. The van der Waals surface area contributed by atoms with Crippen molar-refractivity contribution in [2.24, 2.45) is 5.41 Å². The van der Waals surface area contributed by atoms with Crippen molar-refractivity contribution in [1.29, 1.82) is 0 Å². The van der Waals surface area contributed by atoms with E-state index in [1.165, 1.54) is 10.4 Å². The van der Waals surface area contributed by atoms with Gasteiger partial charge in [-0.2, -0.15) is 0 Å². The van der Waals surface area contributed by atoms with Crippen molar-refractivity contribution in [3.63, 3.8) is 0 Å². The summed E-state index contributed by atoms with van der Waals surface area (Å²) in [6.45, 7) is 3.60. The highest BCUT2D eigenvalue weighted by molar-refractivity contribution is 7.17. The van der Waals surface area contributed by atoms with Crippen molar-refractivity contribution in [3.8, 4) is 10.4 Å². The van der Waals surface area contributed by atoms with Crippen molar-refractivity contribution in [1.82, 2.24) is 4.90 Å². The Morgan fingerprint density at radius 3 is 2.72 bits per heavy atom. The fraction of sp³-hybridized carbons (Fsp3) is 0.476. The van der Waals surface area contributed by atoms with Crippen molar-refractivity contribution >= 4 is 17.2 Å². The van der Waals surface area contributed by atoms with Gasteiger partial charge in [0, 0.05) is 23.4 Å². The zero-order chi connectivity index (χ0) is 17.4. The molecule has 132 valence electrons. The third-order valence-corrected chi connectivity index (χ3v) is 7.19. The molecule has 25 heavy (non-hydrogen) atoms. The second-order valence-corrected chi connectivity index (χ2v) is 8.64. The topological polar surface area (TPSA) is 40.5 Å². The van der Waals surface area contributed by atoms with Crippen molar-refractivity contribution < 1.29 is 9.90 Å². The molecule has 1 aromatic carbocycles. The van der Waals surface area contributed by atoms with Gasteiger partial charge < -0.3 is 10.0 Å².